The Kier molecular flexibility index (Phi) is 4.38. The number of urea groups is 1. The lowest BCUT2D eigenvalue weighted by molar-refractivity contribution is -0.556. The number of benzene rings is 1. The lowest BCUT2D eigenvalue weighted by atomic mass is 10.1. The van der Waals surface area contributed by atoms with Crippen LogP contribution in [0.3, 0.4) is 0 Å². The number of hydrogen-bond donors (Lipinski definition) is 0. The minimum atomic E-state index is -0.686. The zero-order valence-electron chi connectivity index (χ0n) is 16.5. The Bertz CT molecular complexity index is 1080. The van der Waals surface area contributed by atoms with E-state index < -0.39 is 17.9 Å². The maximum atomic E-state index is 14.1. The molecule has 0 N–H and O–H groups in total. The van der Waals surface area contributed by atoms with Gasteiger partial charge >= 0.3 is 12.0 Å². The number of aliphatic imine (C=N–C) groups is 1. The van der Waals surface area contributed by atoms with Crippen molar-refractivity contribution in [2.45, 2.75) is 25.6 Å². The van der Waals surface area contributed by atoms with E-state index in [4.69, 9.17) is 4.42 Å². The van der Waals surface area contributed by atoms with Crippen molar-refractivity contribution in [1.82, 2.24) is 14.7 Å². The number of amidine groups is 1. The van der Waals surface area contributed by atoms with Crippen LogP contribution in [0.4, 0.5) is 9.18 Å². The molecule has 30 heavy (non-hydrogen) atoms. The second kappa shape index (κ2) is 7.08. The highest BCUT2D eigenvalue weighted by Gasteiger charge is 2.56. The molecule has 0 spiro atoms. The maximum Gasteiger partial charge on any atom is 0.392 e. The van der Waals surface area contributed by atoms with E-state index in [1.165, 1.54) is 11.0 Å². The second-order valence-corrected chi connectivity index (χ2v) is 7.58. The van der Waals surface area contributed by atoms with Crippen molar-refractivity contribution < 1.29 is 23.0 Å². The van der Waals surface area contributed by atoms with E-state index in [1.54, 1.807) is 31.5 Å². The average molecular weight is 410 g/mol. The molecule has 4 heterocycles. The molecule has 0 bridgehead atoms. The number of carbonyl (C=O) groups excluding carboxylic acids is 2. The van der Waals surface area contributed by atoms with Crippen LogP contribution < -0.4 is 0 Å². The molecule has 9 heteroatoms. The van der Waals surface area contributed by atoms with Crippen LogP contribution in [0.15, 0.2) is 52.1 Å². The first-order valence-corrected chi connectivity index (χ1v) is 9.86. The van der Waals surface area contributed by atoms with Crippen molar-refractivity contribution in [2.24, 2.45) is 4.99 Å². The Hall–Kier alpha value is -3.49. The Balaban J connectivity index is 1.48. The minimum absolute atomic E-state index is 0.113. The molecule has 8 nitrogen and oxygen atoms in total. The molecule has 1 unspecified atom stereocenters. The molecule has 1 aromatic heterocycles. The largest absolute Gasteiger partial charge is 0.466 e. The first-order valence-electron chi connectivity index (χ1n) is 9.86. The summed E-state index contributed by atoms with van der Waals surface area (Å²) in [7, 11) is 1.60. The quantitative estimate of drug-likeness (QED) is 0.722. The fourth-order valence-corrected chi connectivity index (χ4v) is 4.20. The summed E-state index contributed by atoms with van der Waals surface area (Å²) in [6.45, 7) is 1.86. The van der Waals surface area contributed by atoms with Crippen LogP contribution >= 0.6 is 0 Å². The van der Waals surface area contributed by atoms with Crippen LogP contribution in [0.5, 0.6) is 0 Å². The van der Waals surface area contributed by atoms with E-state index in [2.05, 4.69) is 9.57 Å². The number of furan rings is 1. The zero-order chi connectivity index (χ0) is 20.8. The van der Waals surface area contributed by atoms with Crippen molar-refractivity contribution in [1.29, 1.82) is 0 Å². The SMILES string of the molecule is CN1C(=O)N(Cc2ccccc2F)C(=O)C2C1=NC1=[N+](Cc3ccco3)CCCN12. The van der Waals surface area contributed by atoms with E-state index >= 15 is 0 Å². The molecule has 0 saturated carbocycles. The molecule has 2 aromatic rings. The molecule has 1 aromatic carbocycles. The number of nitrogens with zero attached hydrogens (tertiary/aromatic N) is 5. The summed E-state index contributed by atoms with van der Waals surface area (Å²) >= 11 is 0. The number of carbonyl (C=O) groups is 2. The van der Waals surface area contributed by atoms with Gasteiger partial charge in [0.2, 0.25) is 11.9 Å². The number of guanidine groups is 1. The van der Waals surface area contributed by atoms with Gasteiger partial charge in [-0.25, -0.2) is 14.1 Å². The van der Waals surface area contributed by atoms with Gasteiger partial charge in [0.25, 0.3) is 5.91 Å². The molecular weight excluding hydrogens is 389 g/mol. The molecular formula is C21H21FN5O3+. The van der Waals surface area contributed by atoms with E-state index in [1.807, 2.05) is 17.0 Å². The van der Waals surface area contributed by atoms with E-state index in [0.717, 1.165) is 23.6 Å². The highest BCUT2D eigenvalue weighted by atomic mass is 19.1. The summed E-state index contributed by atoms with van der Waals surface area (Å²) in [4.78, 5) is 35.3. The third-order valence-corrected chi connectivity index (χ3v) is 5.71. The summed E-state index contributed by atoms with van der Waals surface area (Å²) in [5, 5.41) is 0. The number of fused-ring (bicyclic) bond motifs is 3. The topological polar surface area (TPSA) is 72.4 Å². The summed E-state index contributed by atoms with van der Waals surface area (Å²) < 4.78 is 21.7. The van der Waals surface area contributed by atoms with Gasteiger partial charge in [-0.2, -0.15) is 0 Å². The summed E-state index contributed by atoms with van der Waals surface area (Å²) in [5.41, 5.74) is 0.299. The summed E-state index contributed by atoms with van der Waals surface area (Å²) in [6.07, 6.45) is 2.47. The van der Waals surface area contributed by atoms with E-state index in [-0.39, 0.29) is 12.5 Å². The van der Waals surface area contributed by atoms with Gasteiger partial charge in [-0.15, -0.1) is 0 Å². The van der Waals surface area contributed by atoms with E-state index in [9.17, 15) is 14.0 Å². The standard InChI is InChI=1S/C21H21FN5O3/c1-24-18-17(19(28)27(21(24)29)12-14-6-2-3-8-16(14)22)26-10-5-9-25(20(26)23-18)13-15-7-4-11-30-15/h2-4,6-8,11,17H,5,9-10,12-13H2,1H3/q+1. The molecule has 1 atom stereocenters. The van der Waals surface area contributed by atoms with Gasteiger partial charge in [0.1, 0.15) is 18.1 Å². The van der Waals surface area contributed by atoms with Crippen LogP contribution in [0.1, 0.15) is 17.7 Å². The van der Waals surface area contributed by atoms with Gasteiger partial charge in [-0.05, 0) is 18.2 Å². The van der Waals surface area contributed by atoms with Gasteiger partial charge in [-0.1, -0.05) is 23.2 Å². The zero-order valence-corrected chi connectivity index (χ0v) is 16.5. The molecule has 5 rings (SSSR count). The predicted molar refractivity (Wildman–Crippen MR) is 105 cm³/mol. The van der Waals surface area contributed by atoms with Gasteiger partial charge in [-0.3, -0.25) is 19.2 Å². The second-order valence-electron chi connectivity index (χ2n) is 7.58. The average Bonchev–Trinajstić information content (AvgIpc) is 3.39. The third kappa shape index (κ3) is 2.89. The first-order chi connectivity index (χ1) is 14.5. The van der Waals surface area contributed by atoms with Gasteiger partial charge in [0.15, 0.2) is 0 Å². The third-order valence-electron chi connectivity index (χ3n) is 5.71. The molecule has 0 aliphatic carbocycles. The van der Waals surface area contributed by atoms with Gasteiger partial charge < -0.3 is 4.42 Å². The smallest absolute Gasteiger partial charge is 0.392 e. The van der Waals surface area contributed by atoms with Crippen LogP contribution in [0.2, 0.25) is 0 Å². The van der Waals surface area contributed by atoms with Crippen molar-refractivity contribution in [3.05, 3.63) is 59.8 Å². The Morgan fingerprint density at radius 2 is 2.07 bits per heavy atom. The monoisotopic (exact) mass is 410 g/mol. The molecule has 3 amide bonds. The number of likely N-dealkylation sites (N-methyl/N-ethyl adjacent to an activating group) is 1. The number of amides is 3. The van der Waals surface area contributed by atoms with Crippen molar-refractivity contribution in [2.75, 3.05) is 20.1 Å². The highest BCUT2D eigenvalue weighted by Crippen LogP contribution is 2.27. The van der Waals surface area contributed by atoms with Crippen LogP contribution in [-0.4, -0.2) is 69.2 Å². The summed E-state index contributed by atoms with van der Waals surface area (Å²) in [5.74, 6) is 1.06. The summed E-state index contributed by atoms with van der Waals surface area (Å²) in [6, 6.07) is 8.71. The molecule has 3 aliphatic heterocycles. The molecule has 1 fully saturated rings. The minimum Gasteiger partial charge on any atom is -0.466 e. The van der Waals surface area contributed by atoms with Gasteiger partial charge in [0, 0.05) is 19.0 Å². The van der Waals surface area contributed by atoms with Crippen LogP contribution in [-0.2, 0) is 17.9 Å². The first kappa shape index (κ1) is 18.5. The maximum absolute atomic E-state index is 14.1. The van der Waals surface area contributed by atoms with Gasteiger partial charge in [0.05, 0.1) is 25.9 Å². The number of hydrogen-bond acceptors (Lipinski definition) is 5. The van der Waals surface area contributed by atoms with Crippen molar-refractivity contribution >= 4 is 23.7 Å². The van der Waals surface area contributed by atoms with Crippen LogP contribution in [0, 0.1) is 5.82 Å². The van der Waals surface area contributed by atoms with Crippen molar-refractivity contribution in [3.63, 3.8) is 0 Å². The lowest BCUT2D eigenvalue weighted by Crippen LogP contribution is -2.64. The Labute approximate surface area is 172 Å². The Morgan fingerprint density at radius 3 is 2.83 bits per heavy atom. The molecule has 1 saturated heterocycles. The van der Waals surface area contributed by atoms with Crippen molar-refractivity contribution in [3.8, 4) is 0 Å². The number of imide groups is 1. The number of halogens is 1. The molecule has 0 radical (unpaired) electrons. The Morgan fingerprint density at radius 1 is 1.23 bits per heavy atom. The normalized spacial score (nSPS) is 21.2. The number of rotatable bonds is 4. The molecule has 154 valence electrons. The fraction of sp³-hybridized carbons (Fsp3) is 0.333. The van der Waals surface area contributed by atoms with E-state index in [0.29, 0.717) is 30.4 Å². The van der Waals surface area contributed by atoms with Crippen LogP contribution in [0.25, 0.3) is 0 Å². The fourth-order valence-electron chi connectivity index (χ4n) is 4.20. The highest BCUT2D eigenvalue weighted by molar-refractivity contribution is 6.25. The molecule has 3 aliphatic rings. The lowest BCUT2D eigenvalue weighted by Gasteiger charge is -2.35. The predicted octanol–water partition coefficient (Wildman–Crippen LogP) is 1.87.